The minimum atomic E-state index is -1.27. The zero-order valence-corrected chi connectivity index (χ0v) is 11.3. The monoisotopic (exact) mass is 283 g/mol. The fourth-order valence-electron chi connectivity index (χ4n) is 2.07. The van der Waals surface area contributed by atoms with Crippen LogP contribution in [0, 0.1) is 10.1 Å². The van der Waals surface area contributed by atoms with Gasteiger partial charge in [-0.15, -0.1) is 11.3 Å². The molecule has 0 aromatic carbocycles. The smallest absolute Gasteiger partial charge is 0.365 e. The average Bonchev–Trinajstić information content (AvgIpc) is 2.95. The van der Waals surface area contributed by atoms with Gasteiger partial charge < -0.3 is 9.47 Å². The molecule has 1 aromatic rings. The van der Waals surface area contributed by atoms with Crippen LogP contribution in [0.15, 0.2) is 28.8 Å². The van der Waals surface area contributed by atoms with Gasteiger partial charge in [0.25, 0.3) is 0 Å². The Labute approximate surface area is 113 Å². The summed E-state index contributed by atoms with van der Waals surface area (Å²) in [7, 11) is 0. The summed E-state index contributed by atoms with van der Waals surface area (Å²) in [5.41, 5.74) is 0.242. The van der Waals surface area contributed by atoms with Crippen molar-refractivity contribution in [3.05, 3.63) is 43.8 Å². The quantitative estimate of drug-likeness (QED) is 0.481. The summed E-state index contributed by atoms with van der Waals surface area (Å²) < 4.78 is 10.2. The van der Waals surface area contributed by atoms with Gasteiger partial charge in [-0.3, -0.25) is 10.1 Å². The van der Waals surface area contributed by atoms with Crippen molar-refractivity contribution in [3.8, 4) is 0 Å². The molecular weight excluding hydrogens is 270 g/mol. The largest absolute Gasteiger partial charge is 0.463 e. The SMILES string of the molecule is CCOC(=O)C1=C(C)O[C@@H]([N+](=O)[O-])[C@@H]1c1cccs1. The van der Waals surface area contributed by atoms with Crippen LogP contribution in [0.4, 0.5) is 0 Å². The first-order valence-corrected chi connectivity index (χ1v) is 6.65. The van der Waals surface area contributed by atoms with Crippen LogP contribution >= 0.6 is 11.3 Å². The maximum absolute atomic E-state index is 12.0. The van der Waals surface area contributed by atoms with Gasteiger partial charge in [-0.2, -0.15) is 0 Å². The Bertz CT molecular complexity index is 522. The van der Waals surface area contributed by atoms with E-state index in [9.17, 15) is 14.9 Å². The van der Waals surface area contributed by atoms with E-state index in [0.717, 1.165) is 4.88 Å². The van der Waals surface area contributed by atoms with Crippen LogP contribution in [-0.4, -0.2) is 23.7 Å². The highest BCUT2D eigenvalue weighted by molar-refractivity contribution is 7.10. The number of allylic oxidation sites excluding steroid dienone is 1. The van der Waals surface area contributed by atoms with Crippen LogP contribution in [0.3, 0.4) is 0 Å². The predicted molar refractivity (Wildman–Crippen MR) is 68.3 cm³/mol. The van der Waals surface area contributed by atoms with Gasteiger partial charge in [0.1, 0.15) is 11.7 Å². The number of carbonyl (C=O) groups is 1. The molecule has 2 rings (SSSR count). The molecule has 0 fully saturated rings. The minimum Gasteiger partial charge on any atom is -0.463 e. The van der Waals surface area contributed by atoms with E-state index in [1.165, 1.54) is 11.3 Å². The first kappa shape index (κ1) is 13.5. The van der Waals surface area contributed by atoms with Crippen LogP contribution in [0.1, 0.15) is 24.6 Å². The number of ether oxygens (including phenoxy) is 2. The standard InChI is InChI=1S/C12H13NO5S/c1-3-17-12(14)9-7(2)18-11(13(15)16)10(9)8-5-4-6-19-8/h4-6,10-11H,3H2,1-2H3/t10-,11-/m1/s1. The number of hydrogen-bond donors (Lipinski definition) is 0. The lowest BCUT2D eigenvalue weighted by atomic mass is 9.97. The van der Waals surface area contributed by atoms with Crippen molar-refractivity contribution >= 4 is 17.3 Å². The molecule has 2 atom stereocenters. The number of thiophene rings is 1. The van der Waals surface area contributed by atoms with E-state index in [1.54, 1.807) is 26.0 Å². The second kappa shape index (κ2) is 5.40. The Balaban J connectivity index is 2.41. The summed E-state index contributed by atoms with van der Waals surface area (Å²) in [6, 6.07) is 3.54. The average molecular weight is 283 g/mol. The number of nitro groups is 1. The molecule has 0 amide bonds. The number of nitrogens with zero attached hydrogens (tertiary/aromatic N) is 1. The Morgan fingerprint density at radius 3 is 2.89 bits per heavy atom. The molecule has 1 aromatic heterocycles. The predicted octanol–water partition coefficient (Wildman–Crippen LogP) is 2.30. The molecular formula is C12H13NO5S. The van der Waals surface area contributed by atoms with Crippen molar-refractivity contribution in [2.24, 2.45) is 0 Å². The third-order valence-electron chi connectivity index (χ3n) is 2.83. The molecule has 0 N–H and O–H groups in total. The fourth-order valence-corrected chi connectivity index (χ4v) is 2.92. The van der Waals surface area contributed by atoms with Crippen molar-refractivity contribution in [1.82, 2.24) is 0 Å². The van der Waals surface area contributed by atoms with Crippen molar-refractivity contribution in [1.29, 1.82) is 0 Å². The van der Waals surface area contributed by atoms with Gasteiger partial charge >= 0.3 is 12.2 Å². The topological polar surface area (TPSA) is 78.7 Å². The maximum Gasteiger partial charge on any atom is 0.365 e. The molecule has 0 spiro atoms. The summed E-state index contributed by atoms with van der Waals surface area (Å²) in [6.45, 7) is 3.46. The van der Waals surface area contributed by atoms with Gasteiger partial charge in [0.05, 0.1) is 17.1 Å². The Morgan fingerprint density at radius 1 is 1.63 bits per heavy atom. The molecule has 0 unspecified atom stereocenters. The van der Waals surface area contributed by atoms with E-state index in [-0.39, 0.29) is 17.9 Å². The molecule has 2 heterocycles. The lowest BCUT2D eigenvalue weighted by Gasteiger charge is -2.12. The first-order valence-electron chi connectivity index (χ1n) is 5.77. The van der Waals surface area contributed by atoms with Gasteiger partial charge in [0, 0.05) is 4.88 Å². The summed E-state index contributed by atoms with van der Waals surface area (Å²) in [6.07, 6.45) is -1.27. The number of carbonyl (C=O) groups excluding carboxylic acids is 1. The Hall–Kier alpha value is -1.89. The zero-order valence-electron chi connectivity index (χ0n) is 10.5. The number of hydrogen-bond acceptors (Lipinski definition) is 6. The summed E-state index contributed by atoms with van der Waals surface area (Å²) in [4.78, 5) is 23.2. The fraction of sp³-hybridized carbons (Fsp3) is 0.417. The van der Waals surface area contributed by atoms with Crippen molar-refractivity contribution in [3.63, 3.8) is 0 Å². The lowest BCUT2D eigenvalue weighted by molar-refractivity contribution is -0.570. The number of esters is 1. The van der Waals surface area contributed by atoms with Crippen molar-refractivity contribution in [2.75, 3.05) is 6.61 Å². The van der Waals surface area contributed by atoms with Crippen LogP contribution < -0.4 is 0 Å². The molecule has 0 aliphatic carbocycles. The first-order chi connectivity index (χ1) is 9.06. The van der Waals surface area contributed by atoms with Gasteiger partial charge in [0.15, 0.2) is 0 Å². The van der Waals surface area contributed by atoms with E-state index in [2.05, 4.69) is 0 Å². The van der Waals surface area contributed by atoms with E-state index in [0.29, 0.717) is 0 Å². The van der Waals surface area contributed by atoms with Gasteiger partial charge in [0.2, 0.25) is 0 Å². The Kier molecular flexibility index (Phi) is 3.84. The van der Waals surface area contributed by atoms with E-state index >= 15 is 0 Å². The highest BCUT2D eigenvalue weighted by Crippen LogP contribution is 2.41. The molecule has 7 heteroatoms. The summed E-state index contributed by atoms with van der Waals surface area (Å²) in [5, 5.41) is 12.9. The minimum absolute atomic E-state index is 0.218. The Morgan fingerprint density at radius 2 is 2.37 bits per heavy atom. The van der Waals surface area contributed by atoms with Crippen molar-refractivity contribution < 1.29 is 19.2 Å². The third kappa shape index (κ3) is 2.46. The van der Waals surface area contributed by atoms with Crippen LogP contribution in [0.5, 0.6) is 0 Å². The van der Waals surface area contributed by atoms with Gasteiger partial charge in [-0.1, -0.05) is 6.07 Å². The summed E-state index contributed by atoms with van der Waals surface area (Å²) >= 11 is 1.36. The van der Waals surface area contributed by atoms with Crippen molar-refractivity contribution in [2.45, 2.75) is 26.0 Å². The molecule has 1 aliphatic rings. The van der Waals surface area contributed by atoms with Crippen LogP contribution in [0.25, 0.3) is 0 Å². The van der Waals surface area contributed by atoms with E-state index in [1.807, 2.05) is 5.38 Å². The number of rotatable bonds is 4. The highest BCUT2D eigenvalue weighted by atomic mass is 32.1. The van der Waals surface area contributed by atoms with Gasteiger partial charge in [-0.25, -0.2) is 4.79 Å². The van der Waals surface area contributed by atoms with Crippen LogP contribution in [-0.2, 0) is 14.3 Å². The molecule has 0 saturated heterocycles. The molecule has 1 aliphatic heterocycles. The van der Waals surface area contributed by atoms with Crippen LogP contribution in [0.2, 0.25) is 0 Å². The molecule has 0 radical (unpaired) electrons. The highest BCUT2D eigenvalue weighted by Gasteiger charge is 2.48. The zero-order chi connectivity index (χ0) is 14.0. The second-order valence-electron chi connectivity index (χ2n) is 3.98. The van der Waals surface area contributed by atoms with E-state index in [4.69, 9.17) is 9.47 Å². The molecule has 0 bridgehead atoms. The maximum atomic E-state index is 12.0. The second-order valence-corrected chi connectivity index (χ2v) is 4.96. The van der Waals surface area contributed by atoms with Gasteiger partial charge in [-0.05, 0) is 25.3 Å². The lowest BCUT2D eigenvalue weighted by Crippen LogP contribution is -2.27. The summed E-state index contributed by atoms with van der Waals surface area (Å²) in [5.74, 6) is -0.990. The van der Waals surface area contributed by atoms with E-state index < -0.39 is 23.0 Å². The third-order valence-corrected chi connectivity index (χ3v) is 3.78. The molecule has 102 valence electrons. The normalized spacial score (nSPS) is 22.2. The molecule has 6 nitrogen and oxygen atoms in total. The molecule has 19 heavy (non-hydrogen) atoms. The molecule has 0 saturated carbocycles.